The van der Waals surface area contributed by atoms with Gasteiger partial charge in [0.25, 0.3) is 0 Å². The van der Waals surface area contributed by atoms with Gasteiger partial charge in [0.1, 0.15) is 0 Å². The molecular weight excluding hydrogens is 316 g/mol. The zero-order chi connectivity index (χ0) is 17.8. The maximum Gasteiger partial charge on any atom is 0.242 e. The van der Waals surface area contributed by atoms with Gasteiger partial charge in [-0.15, -0.1) is 0 Å². The van der Waals surface area contributed by atoms with Crippen LogP contribution in [0.4, 0.5) is 5.69 Å². The Bertz CT molecular complexity index is 599. The van der Waals surface area contributed by atoms with Gasteiger partial charge in [-0.1, -0.05) is 18.2 Å². The monoisotopic (exact) mass is 344 g/mol. The van der Waals surface area contributed by atoms with Gasteiger partial charge in [0.15, 0.2) is 0 Å². The molecule has 0 saturated carbocycles. The first-order valence-corrected chi connectivity index (χ1v) is 9.15. The molecule has 6 heteroatoms. The van der Waals surface area contributed by atoms with Crippen LogP contribution in [0, 0.1) is 0 Å². The highest BCUT2D eigenvalue weighted by atomic mass is 16.2. The number of anilines is 1. The lowest BCUT2D eigenvalue weighted by Crippen LogP contribution is -2.52. The number of nitrogens with zero attached hydrogens (tertiary/aromatic N) is 3. The van der Waals surface area contributed by atoms with Crippen LogP contribution >= 0.6 is 0 Å². The summed E-state index contributed by atoms with van der Waals surface area (Å²) < 4.78 is 0. The predicted octanol–water partition coefficient (Wildman–Crippen LogP) is 1.06. The van der Waals surface area contributed by atoms with Crippen molar-refractivity contribution in [3.63, 3.8) is 0 Å². The van der Waals surface area contributed by atoms with Crippen molar-refractivity contribution in [3.8, 4) is 0 Å². The lowest BCUT2D eigenvalue weighted by Gasteiger charge is -2.39. The molecule has 0 radical (unpaired) electrons. The highest BCUT2D eigenvalue weighted by Crippen LogP contribution is 2.26. The van der Waals surface area contributed by atoms with Crippen LogP contribution in [0.15, 0.2) is 30.3 Å². The highest BCUT2D eigenvalue weighted by Gasteiger charge is 2.36. The second-order valence-electron chi connectivity index (χ2n) is 7.10. The van der Waals surface area contributed by atoms with Crippen LogP contribution in [0.5, 0.6) is 0 Å². The maximum atomic E-state index is 12.6. The van der Waals surface area contributed by atoms with E-state index in [9.17, 15) is 9.59 Å². The van der Waals surface area contributed by atoms with E-state index in [1.807, 2.05) is 47.2 Å². The molecule has 2 saturated heterocycles. The van der Waals surface area contributed by atoms with Crippen LogP contribution in [0.3, 0.4) is 0 Å². The fourth-order valence-electron chi connectivity index (χ4n) is 4.06. The Morgan fingerprint density at radius 1 is 1.12 bits per heavy atom. The average molecular weight is 344 g/mol. The quantitative estimate of drug-likeness (QED) is 0.867. The first-order chi connectivity index (χ1) is 12.1. The summed E-state index contributed by atoms with van der Waals surface area (Å²) in [5.74, 6) is -0.0434. The number of hydrogen-bond acceptors (Lipinski definition) is 4. The molecule has 2 aliphatic rings. The summed E-state index contributed by atoms with van der Waals surface area (Å²) >= 11 is 0. The molecule has 6 nitrogen and oxygen atoms in total. The van der Waals surface area contributed by atoms with Crippen LogP contribution in [-0.4, -0.2) is 66.9 Å². The summed E-state index contributed by atoms with van der Waals surface area (Å²) in [6.07, 6.45) is 3.75. The Hall–Kier alpha value is -2.08. The van der Waals surface area contributed by atoms with E-state index in [4.69, 9.17) is 5.73 Å². The van der Waals surface area contributed by atoms with E-state index in [2.05, 4.69) is 4.90 Å². The molecule has 1 aromatic carbocycles. The maximum absolute atomic E-state index is 12.6. The first kappa shape index (κ1) is 17.7. The van der Waals surface area contributed by atoms with Gasteiger partial charge in [0.05, 0.1) is 12.6 Å². The van der Waals surface area contributed by atoms with Crippen LogP contribution in [0.25, 0.3) is 0 Å². The van der Waals surface area contributed by atoms with E-state index in [0.29, 0.717) is 12.6 Å². The molecule has 0 aliphatic carbocycles. The lowest BCUT2D eigenvalue weighted by atomic mass is 10.0. The number of carbonyl (C=O) groups excluding carboxylic acids is 2. The van der Waals surface area contributed by atoms with Gasteiger partial charge in [-0.3, -0.25) is 14.5 Å². The van der Waals surface area contributed by atoms with Gasteiger partial charge in [-0.2, -0.15) is 0 Å². The number of para-hydroxylation sites is 1. The van der Waals surface area contributed by atoms with Crippen molar-refractivity contribution < 1.29 is 9.59 Å². The average Bonchev–Trinajstić information content (AvgIpc) is 3.12. The second-order valence-corrected chi connectivity index (χ2v) is 7.10. The predicted molar refractivity (Wildman–Crippen MR) is 98.2 cm³/mol. The number of amides is 2. The highest BCUT2D eigenvalue weighted by molar-refractivity contribution is 5.81. The van der Waals surface area contributed by atoms with Crippen molar-refractivity contribution in [3.05, 3.63) is 30.3 Å². The Balaban J connectivity index is 1.50. The van der Waals surface area contributed by atoms with Gasteiger partial charge < -0.3 is 15.5 Å². The van der Waals surface area contributed by atoms with Gasteiger partial charge >= 0.3 is 0 Å². The van der Waals surface area contributed by atoms with Crippen molar-refractivity contribution in [2.24, 2.45) is 5.73 Å². The van der Waals surface area contributed by atoms with Gasteiger partial charge in [0.2, 0.25) is 11.8 Å². The van der Waals surface area contributed by atoms with Crippen molar-refractivity contribution in [2.45, 2.75) is 37.8 Å². The zero-order valence-electron chi connectivity index (χ0n) is 14.9. The normalized spacial score (nSPS) is 22.1. The van der Waals surface area contributed by atoms with E-state index in [1.54, 1.807) is 0 Å². The molecule has 2 fully saturated rings. The van der Waals surface area contributed by atoms with Crippen molar-refractivity contribution in [1.82, 2.24) is 9.80 Å². The third-order valence-corrected chi connectivity index (χ3v) is 5.48. The Labute approximate surface area is 149 Å². The number of nitrogens with two attached hydrogens (primary N) is 1. The summed E-state index contributed by atoms with van der Waals surface area (Å²) in [5, 5.41) is 0. The molecular formula is C19H28N4O2. The molecule has 1 atom stereocenters. The minimum Gasteiger partial charge on any atom is -0.368 e. The molecule has 0 spiro atoms. The largest absolute Gasteiger partial charge is 0.368 e. The topological polar surface area (TPSA) is 69.9 Å². The summed E-state index contributed by atoms with van der Waals surface area (Å²) in [7, 11) is 1.95. The molecule has 136 valence electrons. The SMILES string of the molecule is CN(CC(=O)N1CCC(N2CCCC2C(N)=O)CC1)c1ccccc1. The van der Waals surface area contributed by atoms with Gasteiger partial charge in [-0.25, -0.2) is 0 Å². The van der Waals surface area contributed by atoms with Crippen LogP contribution in [-0.2, 0) is 9.59 Å². The molecule has 25 heavy (non-hydrogen) atoms. The molecule has 0 bridgehead atoms. The van der Waals surface area contributed by atoms with E-state index in [0.717, 1.165) is 51.0 Å². The van der Waals surface area contributed by atoms with Gasteiger partial charge in [-0.05, 0) is 44.4 Å². The molecule has 1 unspecified atom stereocenters. The fourth-order valence-corrected chi connectivity index (χ4v) is 4.06. The van der Waals surface area contributed by atoms with E-state index in [-0.39, 0.29) is 17.9 Å². The Morgan fingerprint density at radius 3 is 2.44 bits per heavy atom. The zero-order valence-corrected chi connectivity index (χ0v) is 14.9. The third-order valence-electron chi connectivity index (χ3n) is 5.48. The standard InChI is InChI=1S/C19H28N4O2/c1-21(15-6-3-2-4-7-15)14-18(24)22-12-9-16(10-13-22)23-11-5-8-17(23)19(20)25/h2-4,6-7,16-17H,5,8-14H2,1H3,(H2,20,25). The number of rotatable bonds is 5. The Kier molecular flexibility index (Phi) is 5.58. The molecule has 2 amide bonds. The lowest BCUT2D eigenvalue weighted by molar-refractivity contribution is -0.132. The summed E-state index contributed by atoms with van der Waals surface area (Å²) in [6, 6.07) is 10.2. The van der Waals surface area contributed by atoms with Crippen LogP contribution in [0.2, 0.25) is 0 Å². The summed E-state index contributed by atoms with van der Waals surface area (Å²) in [6.45, 7) is 2.85. The molecule has 0 aromatic heterocycles. The first-order valence-electron chi connectivity index (χ1n) is 9.15. The number of hydrogen-bond donors (Lipinski definition) is 1. The van der Waals surface area contributed by atoms with Crippen molar-refractivity contribution in [1.29, 1.82) is 0 Å². The van der Waals surface area contributed by atoms with Crippen molar-refractivity contribution in [2.75, 3.05) is 38.1 Å². The fraction of sp³-hybridized carbons (Fsp3) is 0.579. The molecule has 3 rings (SSSR count). The minimum atomic E-state index is -0.208. The van der Waals surface area contributed by atoms with Crippen molar-refractivity contribution >= 4 is 17.5 Å². The molecule has 2 aliphatic heterocycles. The van der Waals surface area contributed by atoms with E-state index >= 15 is 0 Å². The number of piperidine rings is 1. The van der Waals surface area contributed by atoms with Crippen LogP contribution < -0.4 is 10.6 Å². The molecule has 1 aromatic rings. The minimum absolute atomic E-state index is 0.114. The number of likely N-dealkylation sites (N-methyl/N-ethyl adjacent to an activating group) is 1. The van der Waals surface area contributed by atoms with Gasteiger partial charge in [0, 0.05) is 31.9 Å². The summed E-state index contributed by atoms with van der Waals surface area (Å²) in [5.41, 5.74) is 6.58. The molecule has 2 N–H and O–H groups in total. The number of likely N-dealkylation sites (tertiary alicyclic amines) is 2. The smallest absolute Gasteiger partial charge is 0.242 e. The second kappa shape index (κ2) is 7.87. The molecule has 2 heterocycles. The Morgan fingerprint density at radius 2 is 1.80 bits per heavy atom. The number of carbonyl (C=O) groups is 2. The van der Waals surface area contributed by atoms with E-state index in [1.165, 1.54) is 0 Å². The number of primary amides is 1. The van der Waals surface area contributed by atoms with E-state index < -0.39 is 0 Å². The summed E-state index contributed by atoms with van der Waals surface area (Å²) in [4.78, 5) is 30.4. The third kappa shape index (κ3) is 4.12. The van der Waals surface area contributed by atoms with Crippen LogP contribution in [0.1, 0.15) is 25.7 Å². The number of benzene rings is 1.